The molecule has 0 radical (unpaired) electrons. The highest BCUT2D eigenvalue weighted by Crippen LogP contribution is 2.32. The number of anilines is 1. The molecule has 0 unspecified atom stereocenters. The summed E-state index contributed by atoms with van der Waals surface area (Å²) in [5.41, 5.74) is 4.10. The average molecular weight is 431 g/mol. The molecule has 0 saturated carbocycles. The second-order valence-electron chi connectivity index (χ2n) is 7.88. The third-order valence-corrected chi connectivity index (χ3v) is 5.76. The summed E-state index contributed by atoms with van der Waals surface area (Å²) in [6.07, 6.45) is 1.68. The van der Waals surface area contributed by atoms with Gasteiger partial charge in [-0.15, -0.1) is 0 Å². The number of nitrogens with zero attached hydrogens (tertiary/aromatic N) is 1. The quantitative estimate of drug-likeness (QED) is 0.454. The summed E-state index contributed by atoms with van der Waals surface area (Å²) in [5, 5.41) is 17.6. The number of fused-ring (bicyclic) bond motifs is 2. The van der Waals surface area contributed by atoms with E-state index in [1.165, 1.54) is 23.3 Å². The van der Waals surface area contributed by atoms with Crippen LogP contribution in [0.4, 0.5) is 11.4 Å². The van der Waals surface area contributed by atoms with Gasteiger partial charge in [-0.1, -0.05) is 30.3 Å². The fourth-order valence-corrected chi connectivity index (χ4v) is 4.17. The molecule has 8 heteroatoms. The first-order valence-corrected chi connectivity index (χ1v) is 10.4. The molecule has 1 heterocycles. The van der Waals surface area contributed by atoms with Gasteiger partial charge in [0.25, 0.3) is 11.6 Å². The van der Waals surface area contributed by atoms with Crippen molar-refractivity contribution in [1.82, 2.24) is 5.32 Å². The standard InChI is InChI=1S/C24H21N3O5/c28-24(25-13-15-5-8-22-23(9-15)32-14-31-22)20-12-19(27(29)30)6-7-21(20)26-18-10-16-3-1-2-4-17(16)11-18/h1-9,12,18,26H,10-11,13-14H2,(H,25,28). The Morgan fingerprint density at radius 3 is 2.50 bits per heavy atom. The SMILES string of the molecule is O=C(NCc1ccc2c(c1)OCO2)c1cc([N+](=O)[O-])ccc1NC1Cc2ccccc2C1. The third kappa shape index (κ3) is 3.94. The topological polar surface area (TPSA) is 103 Å². The van der Waals surface area contributed by atoms with E-state index in [0.29, 0.717) is 17.2 Å². The Bertz CT molecular complexity index is 1180. The minimum absolute atomic E-state index is 0.120. The minimum Gasteiger partial charge on any atom is -0.454 e. The van der Waals surface area contributed by atoms with Crippen LogP contribution < -0.4 is 20.1 Å². The predicted molar refractivity (Wildman–Crippen MR) is 118 cm³/mol. The Morgan fingerprint density at radius 1 is 1.00 bits per heavy atom. The Hall–Kier alpha value is -4.07. The van der Waals surface area contributed by atoms with Gasteiger partial charge in [-0.3, -0.25) is 14.9 Å². The molecule has 8 nitrogen and oxygen atoms in total. The Balaban J connectivity index is 1.33. The molecule has 0 saturated heterocycles. The van der Waals surface area contributed by atoms with Crippen LogP contribution in [0, 0.1) is 10.1 Å². The van der Waals surface area contributed by atoms with E-state index in [-0.39, 0.29) is 36.5 Å². The second-order valence-corrected chi connectivity index (χ2v) is 7.88. The van der Waals surface area contributed by atoms with E-state index in [0.717, 1.165) is 18.4 Å². The lowest BCUT2D eigenvalue weighted by Crippen LogP contribution is -2.26. The lowest BCUT2D eigenvalue weighted by Gasteiger charge is -2.17. The lowest BCUT2D eigenvalue weighted by molar-refractivity contribution is -0.384. The molecular formula is C24H21N3O5. The highest BCUT2D eigenvalue weighted by Gasteiger charge is 2.24. The molecule has 0 aromatic heterocycles. The molecule has 1 amide bonds. The predicted octanol–water partition coefficient (Wildman–Crippen LogP) is 3.83. The number of ether oxygens (including phenoxy) is 2. The number of hydrogen-bond acceptors (Lipinski definition) is 6. The maximum absolute atomic E-state index is 13.0. The first-order chi connectivity index (χ1) is 15.6. The van der Waals surface area contributed by atoms with Gasteiger partial charge >= 0.3 is 0 Å². The van der Waals surface area contributed by atoms with Gasteiger partial charge in [0, 0.05) is 30.4 Å². The summed E-state index contributed by atoms with van der Waals surface area (Å²) in [6.45, 7) is 0.436. The molecule has 3 aromatic carbocycles. The molecule has 2 aliphatic rings. The number of non-ortho nitro benzene ring substituents is 1. The van der Waals surface area contributed by atoms with Crippen molar-refractivity contribution in [3.8, 4) is 11.5 Å². The van der Waals surface area contributed by atoms with Crippen molar-refractivity contribution < 1.29 is 19.2 Å². The molecule has 162 valence electrons. The minimum atomic E-state index is -0.496. The van der Waals surface area contributed by atoms with Crippen molar-refractivity contribution in [3.05, 3.63) is 93.0 Å². The fourth-order valence-electron chi connectivity index (χ4n) is 4.17. The van der Waals surface area contributed by atoms with E-state index >= 15 is 0 Å². The first-order valence-electron chi connectivity index (χ1n) is 10.4. The lowest BCUT2D eigenvalue weighted by atomic mass is 10.1. The third-order valence-electron chi connectivity index (χ3n) is 5.76. The molecule has 0 atom stereocenters. The summed E-state index contributed by atoms with van der Waals surface area (Å²) in [6, 6.07) is 18.1. The molecule has 0 bridgehead atoms. The fraction of sp³-hybridized carbons (Fsp3) is 0.208. The second kappa shape index (κ2) is 8.22. The molecule has 1 aliphatic heterocycles. The van der Waals surface area contributed by atoms with Gasteiger partial charge < -0.3 is 20.1 Å². The maximum Gasteiger partial charge on any atom is 0.270 e. The zero-order chi connectivity index (χ0) is 22.1. The Kier molecular flexibility index (Phi) is 5.10. The van der Waals surface area contributed by atoms with E-state index in [9.17, 15) is 14.9 Å². The van der Waals surface area contributed by atoms with Crippen molar-refractivity contribution in [3.63, 3.8) is 0 Å². The smallest absolute Gasteiger partial charge is 0.270 e. The summed E-state index contributed by atoms with van der Waals surface area (Å²) in [7, 11) is 0. The van der Waals surface area contributed by atoms with E-state index in [2.05, 4.69) is 22.8 Å². The van der Waals surface area contributed by atoms with Gasteiger partial charge in [-0.2, -0.15) is 0 Å². The van der Waals surface area contributed by atoms with Crippen LogP contribution in [0.5, 0.6) is 11.5 Å². The molecule has 0 spiro atoms. The van der Waals surface area contributed by atoms with Crippen molar-refractivity contribution in [2.75, 3.05) is 12.1 Å². The van der Waals surface area contributed by atoms with Crippen molar-refractivity contribution in [2.45, 2.75) is 25.4 Å². The summed E-state index contributed by atoms with van der Waals surface area (Å²) >= 11 is 0. The van der Waals surface area contributed by atoms with Gasteiger partial charge in [-0.25, -0.2) is 0 Å². The molecule has 0 fully saturated rings. The molecule has 3 aromatic rings. The zero-order valence-corrected chi connectivity index (χ0v) is 17.2. The van der Waals surface area contributed by atoms with E-state index in [1.54, 1.807) is 12.1 Å². The average Bonchev–Trinajstić information content (AvgIpc) is 3.43. The number of rotatable bonds is 6. The van der Waals surface area contributed by atoms with Gasteiger partial charge in [0.05, 0.1) is 10.5 Å². The normalized spacial score (nSPS) is 14.1. The number of hydrogen-bond donors (Lipinski definition) is 2. The number of nitro benzene ring substituents is 1. The zero-order valence-electron chi connectivity index (χ0n) is 17.2. The molecule has 1 aliphatic carbocycles. The number of benzene rings is 3. The molecule has 5 rings (SSSR count). The number of carbonyl (C=O) groups is 1. The highest BCUT2D eigenvalue weighted by atomic mass is 16.7. The maximum atomic E-state index is 13.0. The van der Waals surface area contributed by atoms with Crippen LogP contribution in [-0.4, -0.2) is 23.7 Å². The van der Waals surface area contributed by atoms with Crippen LogP contribution in [-0.2, 0) is 19.4 Å². The Morgan fingerprint density at radius 2 is 1.75 bits per heavy atom. The van der Waals surface area contributed by atoms with Gasteiger partial charge in [0.15, 0.2) is 11.5 Å². The van der Waals surface area contributed by atoms with E-state index in [1.807, 2.05) is 24.3 Å². The first kappa shape index (κ1) is 19.9. The Labute approximate surface area is 184 Å². The number of nitro groups is 1. The van der Waals surface area contributed by atoms with Crippen LogP contribution >= 0.6 is 0 Å². The summed E-state index contributed by atoms with van der Waals surface area (Å²) in [4.78, 5) is 23.8. The summed E-state index contributed by atoms with van der Waals surface area (Å²) in [5.74, 6) is 0.919. The van der Waals surface area contributed by atoms with Crippen LogP contribution in [0.2, 0.25) is 0 Å². The van der Waals surface area contributed by atoms with Crippen LogP contribution in [0.15, 0.2) is 60.7 Å². The van der Waals surface area contributed by atoms with E-state index < -0.39 is 4.92 Å². The largest absolute Gasteiger partial charge is 0.454 e. The number of amides is 1. The highest BCUT2D eigenvalue weighted by molar-refractivity contribution is 6.00. The monoisotopic (exact) mass is 431 g/mol. The van der Waals surface area contributed by atoms with Crippen molar-refractivity contribution >= 4 is 17.3 Å². The van der Waals surface area contributed by atoms with Crippen LogP contribution in [0.25, 0.3) is 0 Å². The molecular weight excluding hydrogens is 410 g/mol. The number of nitrogens with one attached hydrogen (secondary N) is 2. The van der Waals surface area contributed by atoms with Crippen LogP contribution in [0.3, 0.4) is 0 Å². The number of carbonyl (C=O) groups excluding carboxylic acids is 1. The summed E-state index contributed by atoms with van der Waals surface area (Å²) < 4.78 is 10.7. The van der Waals surface area contributed by atoms with E-state index in [4.69, 9.17) is 9.47 Å². The van der Waals surface area contributed by atoms with Gasteiger partial charge in [0.1, 0.15) is 0 Å². The van der Waals surface area contributed by atoms with Crippen LogP contribution in [0.1, 0.15) is 27.0 Å². The molecule has 32 heavy (non-hydrogen) atoms. The van der Waals surface area contributed by atoms with Gasteiger partial charge in [-0.05, 0) is 47.7 Å². The van der Waals surface area contributed by atoms with Crippen molar-refractivity contribution in [2.24, 2.45) is 0 Å². The van der Waals surface area contributed by atoms with Crippen molar-refractivity contribution in [1.29, 1.82) is 0 Å². The van der Waals surface area contributed by atoms with Gasteiger partial charge in [0.2, 0.25) is 6.79 Å². The molecule has 2 N–H and O–H groups in total.